The summed E-state index contributed by atoms with van der Waals surface area (Å²) in [5.41, 5.74) is 2.73. The van der Waals surface area contributed by atoms with E-state index in [2.05, 4.69) is 97.1 Å². The number of rotatable bonds is 0. The van der Waals surface area contributed by atoms with Crippen LogP contribution in [0.4, 0.5) is 0 Å². The Balaban J connectivity index is 1.63. The van der Waals surface area contributed by atoms with Crippen molar-refractivity contribution in [3.63, 3.8) is 0 Å². The lowest BCUT2D eigenvalue weighted by atomic mass is 9.89. The van der Waals surface area contributed by atoms with Gasteiger partial charge < -0.3 is 0 Å². The molecule has 28 heavy (non-hydrogen) atoms. The van der Waals surface area contributed by atoms with Crippen molar-refractivity contribution in [3.8, 4) is 0 Å². The summed E-state index contributed by atoms with van der Waals surface area (Å²) < 4.78 is 0. The molecule has 0 aliphatic heterocycles. The van der Waals surface area contributed by atoms with Gasteiger partial charge in [-0.25, -0.2) is 0 Å². The molecule has 0 aromatic heterocycles. The SMILES string of the molecule is C1=Cc2c1ccc1cc3ccc4cc5cc6ccccc6cc5cc4c3cc21. The van der Waals surface area contributed by atoms with E-state index in [1.165, 1.54) is 65.0 Å². The van der Waals surface area contributed by atoms with E-state index < -0.39 is 0 Å². The van der Waals surface area contributed by atoms with E-state index in [4.69, 9.17) is 0 Å². The second kappa shape index (κ2) is 4.99. The molecule has 0 unspecified atom stereocenters. The maximum atomic E-state index is 2.39. The normalized spacial score (nSPS) is 12.9. The molecule has 0 heteroatoms. The van der Waals surface area contributed by atoms with E-state index in [9.17, 15) is 0 Å². The highest BCUT2D eigenvalue weighted by atomic mass is 14.2. The summed E-state index contributed by atoms with van der Waals surface area (Å²) in [4.78, 5) is 0. The lowest BCUT2D eigenvalue weighted by Crippen LogP contribution is -1.91. The van der Waals surface area contributed by atoms with Gasteiger partial charge in [-0.2, -0.15) is 0 Å². The summed E-state index contributed by atoms with van der Waals surface area (Å²) in [6.45, 7) is 0. The largest absolute Gasteiger partial charge is 0.0616 e. The molecule has 0 N–H and O–H groups in total. The first-order valence-corrected chi connectivity index (χ1v) is 9.77. The summed E-state index contributed by atoms with van der Waals surface area (Å²) in [5.74, 6) is 0. The van der Waals surface area contributed by atoms with Crippen LogP contribution >= 0.6 is 0 Å². The lowest BCUT2D eigenvalue weighted by Gasteiger charge is -2.15. The minimum atomic E-state index is 1.30. The predicted molar refractivity (Wildman–Crippen MR) is 123 cm³/mol. The van der Waals surface area contributed by atoms with E-state index in [0.29, 0.717) is 0 Å². The van der Waals surface area contributed by atoms with Crippen LogP contribution in [0, 0.1) is 0 Å². The zero-order valence-corrected chi connectivity index (χ0v) is 15.2. The summed E-state index contributed by atoms with van der Waals surface area (Å²) in [7, 11) is 0. The molecule has 0 atom stereocenters. The van der Waals surface area contributed by atoms with Crippen LogP contribution in [-0.4, -0.2) is 0 Å². The van der Waals surface area contributed by atoms with Gasteiger partial charge in [0.05, 0.1) is 0 Å². The molecule has 128 valence electrons. The van der Waals surface area contributed by atoms with E-state index in [0.717, 1.165) is 0 Å². The third kappa shape index (κ3) is 1.84. The maximum Gasteiger partial charge on any atom is -0.00986 e. The van der Waals surface area contributed by atoms with Gasteiger partial charge in [-0.1, -0.05) is 60.7 Å². The molecular weight excluding hydrogens is 336 g/mol. The van der Waals surface area contributed by atoms with Crippen LogP contribution in [0.2, 0.25) is 0 Å². The molecule has 0 saturated heterocycles. The predicted octanol–water partition coefficient (Wildman–Crippen LogP) is 7.94. The lowest BCUT2D eigenvalue weighted by molar-refractivity contribution is 1.65. The zero-order chi connectivity index (χ0) is 18.2. The van der Waals surface area contributed by atoms with Crippen LogP contribution in [0.5, 0.6) is 0 Å². The molecular formula is C28H16. The van der Waals surface area contributed by atoms with Gasteiger partial charge in [0.15, 0.2) is 0 Å². The van der Waals surface area contributed by atoms with Gasteiger partial charge in [-0.3, -0.25) is 0 Å². The molecule has 0 nitrogen and oxygen atoms in total. The van der Waals surface area contributed by atoms with Crippen LogP contribution in [0.15, 0.2) is 84.9 Å². The fourth-order valence-electron chi connectivity index (χ4n) is 4.77. The molecule has 7 rings (SSSR count). The van der Waals surface area contributed by atoms with Crippen molar-refractivity contribution in [2.45, 2.75) is 0 Å². The highest BCUT2D eigenvalue weighted by molar-refractivity contribution is 6.17. The van der Waals surface area contributed by atoms with Crippen LogP contribution in [0.1, 0.15) is 11.1 Å². The van der Waals surface area contributed by atoms with Crippen molar-refractivity contribution in [2.75, 3.05) is 0 Å². The Hall–Kier alpha value is -3.64. The van der Waals surface area contributed by atoms with Gasteiger partial charge >= 0.3 is 0 Å². The molecule has 0 bridgehead atoms. The van der Waals surface area contributed by atoms with Crippen molar-refractivity contribution < 1.29 is 0 Å². The Labute approximate surface area is 162 Å². The van der Waals surface area contributed by atoms with Gasteiger partial charge in [0.2, 0.25) is 0 Å². The van der Waals surface area contributed by atoms with Gasteiger partial charge in [0.25, 0.3) is 0 Å². The smallest absolute Gasteiger partial charge is 0.00986 e. The monoisotopic (exact) mass is 352 g/mol. The quantitative estimate of drug-likeness (QED) is 0.192. The first-order valence-electron chi connectivity index (χ1n) is 9.77. The van der Waals surface area contributed by atoms with Crippen LogP contribution < -0.4 is 0 Å². The minimum Gasteiger partial charge on any atom is -0.0616 e. The number of benzene rings is 6. The second-order valence-corrected chi connectivity index (χ2v) is 7.88. The van der Waals surface area contributed by atoms with E-state index in [1.54, 1.807) is 0 Å². The van der Waals surface area contributed by atoms with Crippen LogP contribution in [0.3, 0.4) is 0 Å². The van der Waals surface area contributed by atoms with Gasteiger partial charge in [0, 0.05) is 0 Å². The highest BCUT2D eigenvalue weighted by Gasteiger charge is 2.12. The van der Waals surface area contributed by atoms with Crippen molar-refractivity contribution in [1.29, 1.82) is 0 Å². The molecule has 0 fully saturated rings. The maximum absolute atomic E-state index is 2.39. The molecule has 6 aromatic carbocycles. The molecule has 0 heterocycles. The van der Waals surface area contributed by atoms with Gasteiger partial charge in [-0.05, 0) is 101 Å². The second-order valence-electron chi connectivity index (χ2n) is 7.88. The Morgan fingerprint density at radius 3 is 1.64 bits per heavy atom. The molecule has 1 aliphatic rings. The fraction of sp³-hybridized carbons (Fsp3) is 0. The van der Waals surface area contributed by atoms with Crippen molar-refractivity contribution >= 4 is 66.0 Å². The summed E-state index contributed by atoms with van der Waals surface area (Å²) in [5, 5.41) is 13.2. The highest BCUT2D eigenvalue weighted by Crippen LogP contribution is 2.37. The Bertz CT molecular complexity index is 1650. The number of fused-ring (bicyclic) bond motifs is 8. The van der Waals surface area contributed by atoms with Gasteiger partial charge in [0.1, 0.15) is 0 Å². The minimum absolute atomic E-state index is 1.30. The van der Waals surface area contributed by atoms with Crippen molar-refractivity contribution in [3.05, 3.63) is 96.1 Å². The van der Waals surface area contributed by atoms with Crippen molar-refractivity contribution in [2.24, 2.45) is 0 Å². The first kappa shape index (κ1) is 14.4. The van der Waals surface area contributed by atoms with Gasteiger partial charge in [-0.15, -0.1) is 0 Å². The summed E-state index contributed by atoms with van der Waals surface area (Å²) >= 11 is 0. The van der Waals surface area contributed by atoms with Crippen molar-refractivity contribution in [1.82, 2.24) is 0 Å². The molecule has 0 spiro atoms. The molecule has 0 saturated carbocycles. The Morgan fingerprint density at radius 2 is 0.929 bits per heavy atom. The Morgan fingerprint density at radius 1 is 0.357 bits per heavy atom. The third-order valence-electron chi connectivity index (χ3n) is 6.30. The number of hydrogen-bond donors (Lipinski definition) is 0. The summed E-state index contributed by atoms with van der Waals surface area (Å²) in [6, 6.07) is 31.7. The zero-order valence-electron chi connectivity index (χ0n) is 15.2. The standard InChI is InChI=1S/C28H16/c1-2-4-19-12-24-15-26-22(14-23(24)11-18(19)3-1)8-7-21-13-20-6-5-17-9-10-25(17)27(20)16-28(21)26/h1-16H. The average Bonchev–Trinajstić information content (AvgIpc) is 2.70. The van der Waals surface area contributed by atoms with E-state index in [-0.39, 0.29) is 0 Å². The number of hydrogen-bond acceptors (Lipinski definition) is 0. The molecule has 0 amide bonds. The Kier molecular flexibility index (Phi) is 2.57. The first-order chi connectivity index (χ1) is 13.8. The van der Waals surface area contributed by atoms with E-state index in [1.807, 2.05) is 0 Å². The average molecular weight is 352 g/mol. The van der Waals surface area contributed by atoms with E-state index >= 15 is 0 Å². The summed E-state index contributed by atoms with van der Waals surface area (Å²) in [6.07, 6.45) is 4.43. The van der Waals surface area contributed by atoms with Crippen LogP contribution in [0.25, 0.3) is 66.0 Å². The van der Waals surface area contributed by atoms with Crippen LogP contribution in [-0.2, 0) is 0 Å². The topological polar surface area (TPSA) is 0 Å². The molecule has 1 aliphatic carbocycles. The fourth-order valence-corrected chi connectivity index (χ4v) is 4.77. The third-order valence-corrected chi connectivity index (χ3v) is 6.30. The molecule has 0 radical (unpaired) electrons. The molecule has 6 aromatic rings.